The quantitative estimate of drug-likeness (QED) is 0.816. The number of hydrogen-bond acceptors (Lipinski definition) is 2. The van der Waals surface area contributed by atoms with Crippen LogP contribution in [0.3, 0.4) is 0 Å². The van der Waals surface area contributed by atoms with Crippen molar-refractivity contribution in [1.82, 2.24) is 4.98 Å². The molecule has 5 heteroatoms. The number of aromatic nitrogens is 1. The first kappa shape index (κ1) is 16.0. The fourth-order valence-electron chi connectivity index (χ4n) is 2.29. The molecule has 0 amide bonds. The standard InChI is InChI=1S/C14H20F3NO/c1-5-13(12(2,3)4,19-10-14(15,16)17)11-8-6-7-9-18-11/h6-9H,5,10H2,1-4H3. The third-order valence-corrected chi connectivity index (χ3v) is 3.27. The number of hydrogen-bond donors (Lipinski definition) is 0. The minimum Gasteiger partial charge on any atom is -0.359 e. The van der Waals surface area contributed by atoms with Crippen molar-refractivity contribution in [3.63, 3.8) is 0 Å². The van der Waals surface area contributed by atoms with Crippen molar-refractivity contribution in [2.75, 3.05) is 6.61 Å². The summed E-state index contributed by atoms with van der Waals surface area (Å²) in [5.41, 5.74) is -1.01. The number of rotatable bonds is 4. The lowest BCUT2D eigenvalue weighted by molar-refractivity contribution is -0.231. The maximum Gasteiger partial charge on any atom is 0.411 e. The van der Waals surface area contributed by atoms with Gasteiger partial charge in [0.05, 0.1) is 5.69 Å². The molecule has 0 bridgehead atoms. The van der Waals surface area contributed by atoms with Gasteiger partial charge in [-0.15, -0.1) is 0 Å². The molecule has 1 aromatic heterocycles. The van der Waals surface area contributed by atoms with Crippen molar-refractivity contribution < 1.29 is 17.9 Å². The Kier molecular flexibility index (Phi) is 4.61. The zero-order chi connectivity index (χ0) is 14.7. The van der Waals surface area contributed by atoms with E-state index in [1.54, 1.807) is 24.4 Å². The average molecular weight is 275 g/mol. The molecule has 1 aromatic rings. The molecule has 0 spiro atoms. The smallest absolute Gasteiger partial charge is 0.359 e. The van der Waals surface area contributed by atoms with Gasteiger partial charge in [-0.25, -0.2) is 0 Å². The van der Waals surface area contributed by atoms with Crippen LogP contribution in [0.2, 0.25) is 0 Å². The number of pyridine rings is 1. The molecule has 0 aliphatic heterocycles. The summed E-state index contributed by atoms with van der Waals surface area (Å²) < 4.78 is 42.7. The molecule has 0 aliphatic carbocycles. The number of halogens is 3. The first-order valence-electron chi connectivity index (χ1n) is 6.24. The Bertz CT molecular complexity index is 397. The lowest BCUT2D eigenvalue weighted by Gasteiger charge is -2.43. The Morgan fingerprint density at radius 1 is 1.16 bits per heavy atom. The second kappa shape index (κ2) is 5.49. The molecule has 19 heavy (non-hydrogen) atoms. The van der Waals surface area contributed by atoms with Crippen LogP contribution in [0.15, 0.2) is 24.4 Å². The first-order valence-corrected chi connectivity index (χ1v) is 6.24. The van der Waals surface area contributed by atoms with Gasteiger partial charge in [-0.2, -0.15) is 13.2 Å². The minimum atomic E-state index is -4.35. The number of nitrogens with zero attached hydrogens (tertiary/aromatic N) is 1. The van der Waals surface area contributed by atoms with E-state index in [-0.39, 0.29) is 0 Å². The van der Waals surface area contributed by atoms with Crippen molar-refractivity contribution >= 4 is 0 Å². The third-order valence-electron chi connectivity index (χ3n) is 3.27. The van der Waals surface area contributed by atoms with Crippen LogP contribution >= 0.6 is 0 Å². The molecule has 1 atom stereocenters. The molecular formula is C14H20F3NO. The highest BCUT2D eigenvalue weighted by Gasteiger charge is 2.46. The Labute approximate surface area is 112 Å². The summed E-state index contributed by atoms with van der Waals surface area (Å²) in [7, 11) is 0. The summed E-state index contributed by atoms with van der Waals surface area (Å²) in [6.45, 7) is 6.13. The van der Waals surface area contributed by atoms with E-state index in [9.17, 15) is 13.2 Å². The van der Waals surface area contributed by atoms with Gasteiger partial charge in [0.1, 0.15) is 12.2 Å². The Morgan fingerprint density at radius 2 is 1.79 bits per heavy atom. The molecule has 108 valence electrons. The van der Waals surface area contributed by atoms with E-state index in [1.165, 1.54) is 0 Å². The van der Waals surface area contributed by atoms with Crippen LogP contribution in [0.4, 0.5) is 13.2 Å². The molecule has 0 radical (unpaired) electrons. The zero-order valence-corrected chi connectivity index (χ0v) is 11.7. The van der Waals surface area contributed by atoms with Crippen LogP contribution in [0.1, 0.15) is 39.8 Å². The van der Waals surface area contributed by atoms with E-state index >= 15 is 0 Å². The van der Waals surface area contributed by atoms with Crippen LogP contribution < -0.4 is 0 Å². The Hall–Kier alpha value is -1.10. The summed E-state index contributed by atoms with van der Waals surface area (Å²) in [5.74, 6) is 0. The lowest BCUT2D eigenvalue weighted by atomic mass is 9.72. The molecule has 0 saturated carbocycles. The Morgan fingerprint density at radius 3 is 2.16 bits per heavy atom. The normalized spacial score (nSPS) is 16.2. The van der Waals surface area contributed by atoms with Crippen molar-refractivity contribution in [1.29, 1.82) is 0 Å². The van der Waals surface area contributed by atoms with Gasteiger partial charge in [-0.05, 0) is 24.0 Å². The largest absolute Gasteiger partial charge is 0.411 e. The van der Waals surface area contributed by atoms with Gasteiger partial charge in [0.25, 0.3) is 0 Å². The van der Waals surface area contributed by atoms with Gasteiger partial charge in [-0.1, -0.05) is 33.8 Å². The van der Waals surface area contributed by atoms with E-state index in [4.69, 9.17) is 4.74 Å². The van der Waals surface area contributed by atoms with E-state index in [2.05, 4.69) is 4.98 Å². The summed E-state index contributed by atoms with van der Waals surface area (Å²) in [6.07, 6.45) is -2.35. The summed E-state index contributed by atoms with van der Waals surface area (Å²) in [4.78, 5) is 4.20. The maximum absolute atomic E-state index is 12.5. The highest BCUT2D eigenvalue weighted by Crippen LogP contribution is 2.45. The van der Waals surface area contributed by atoms with Gasteiger partial charge in [0.2, 0.25) is 0 Å². The predicted octanol–water partition coefficient (Wildman–Crippen LogP) is 4.31. The van der Waals surface area contributed by atoms with Gasteiger partial charge in [0, 0.05) is 6.20 Å². The van der Waals surface area contributed by atoms with Gasteiger partial charge in [-0.3, -0.25) is 4.98 Å². The third kappa shape index (κ3) is 3.69. The molecule has 0 fully saturated rings. The molecule has 0 saturated heterocycles. The molecule has 1 rings (SSSR count). The Balaban J connectivity index is 3.17. The van der Waals surface area contributed by atoms with Crippen LogP contribution in [0.5, 0.6) is 0 Å². The molecule has 1 unspecified atom stereocenters. The zero-order valence-electron chi connectivity index (χ0n) is 11.7. The van der Waals surface area contributed by atoms with Crippen LogP contribution in [-0.4, -0.2) is 17.8 Å². The lowest BCUT2D eigenvalue weighted by Crippen LogP contribution is -2.45. The predicted molar refractivity (Wildman–Crippen MR) is 67.7 cm³/mol. The second-order valence-corrected chi connectivity index (χ2v) is 5.55. The van der Waals surface area contributed by atoms with Gasteiger partial charge in [0.15, 0.2) is 0 Å². The van der Waals surface area contributed by atoms with Crippen LogP contribution in [0.25, 0.3) is 0 Å². The molecular weight excluding hydrogens is 255 g/mol. The summed E-state index contributed by atoms with van der Waals surface area (Å²) in [5, 5.41) is 0. The van der Waals surface area contributed by atoms with E-state index in [0.29, 0.717) is 12.1 Å². The highest BCUT2D eigenvalue weighted by atomic mass is 19.4. The van der Waals surface area contributed by atoms with Crippen molar-refractivity contribution in [2.24, 2.45) is 5.41 Å². The fourth-order valence-corrected chi connectivity index (χ4v) is 2.29. The first-order chi connectivity index (χ1) is 8.62. The highest BCUT2D eigenvalue weighted by molar-refractivity contribution is 5.17. The molecule has 0 N–H and O–H groups in total. The summed E-state index contributed by atoms with van der Waals surface area (Å²) in [6, 6.07) is 5.21. The maximum atomic E-state index is 12.5. The van der Waals surface area contributed by atoms with E-state index < -0.39 is 23.8 Å². The average Bonchev–Trinajstić information content (AvgIpc) is 2.28. The molecule has 0 aliphatic rings. The summed E-state index contributed by atoms with van der Waals surface area (Å²) >= 11 is 0. The number of alkyl halides is 3. The van der Waals surface area contributed by atoms with Crippen molar-refractivity contribution in [3.8, 4) is 0 Å². The topological polar surface area (TPSA) is 22.1 Å². The second-order valence-electron chi connectivity index (χ2n) is 5.55. The molecule has 1 heterocycles. The minimum absolute atomic E-state index is 0.420. The fraction of sp³-hybridized carbons (Fsp3) is 0.643. The van der Waals surface area contributed by atoms with E-state index in [1.807, 2.05) is 27.7 Å². The molecule has 0 aromatic carbocycles. The number of ether oxygens (including phenoxy) is 1. The van der Waals surface area contributed by atoms with E-state index in [0.717, 1.165) is 0 Å². The monoisotopic (exact) mass is 275 g/mol. The van der Waals surface area contributed by atoms with Crippen molar-refractivity contribution in [3.05, 3.63) is 30.1 Å². The van der Waals surface area contributed by atoms with Gasteiger partial charge < -0.3 is 4.74 Å². The van der Waals surface area contributed by atoms with Gasteiger partial charge >= 0.3 is 6.18 Å². The van der Waals surface area contributed by atoms with Crippen LogP contribution in [0, 0.1) is 5.41 Å². The van der Waals surface area contributed by atoms with Crippen molar-refractivity contribution in [2.45, 2.75) is 45.9 Å². The van der Waals surface area contributed by atoms with Crippen LogP contribution in [-0.2, 0) is 10.3 Å². The SMILES string of the molecule is CCC(OCC(F)(F)F)(c1ccccn1)C(C)(C)C. The molecule has 2 nitrogen and oxygen atoms in total.